The van der Waals surface area contributed by atoms with Crippen LogP contribution >= 0.6 is 0 Å². The van der Waals surface area contributed by atoms with E-state index in [-0.39, 0.29) is 28.5 Å². The van der Waals surface area contributed by atoms with Gasteiger partial charge in [0.15, 0.2) is 5.82 Å². The Bertz CT molecular complexity index is 1320. The summed E-state index contributed by atoms with van der Waals surface area (Å²) in [5, 5.41) is 9.33. The van der Waals surface area contributed by atoms with Gasteiger partial charge in [-0.2, -0.15) is 5.10 Å². The van der Waals surface area contributed by atoms with Crippen molar-refractivity contribution < 1.29 is 22.4 Å². The molecule has 2 aromatic carbocycles. The fourth-order valence-corrected chi connectivity index (χ4v) is 3.71. The number of aromatic nitrogens is 2. The van der Waals surface area contributed by atoms with Crippen molar-refractivity contribution in [2.24, 2.45) is 0 Å². The average Bonchev–Trinajstić information content (AvgIpc) is 2.99. The molecule has 1 aromatic heterocycles. The van der Waals surface area contributed by atoms with Gasteiger partial charge in [0.1, 0.15) is 5.69 Å². The largest absolute Gasteiger partial charge is 0.326 e. The number of carbonyl (C=O) groups is 2. The molecule has 0 aliphatic rings. The summed E-state index contributed by atoms with van der Waals surface area (Å²) in [6.07, 6.45) is 0.948. The number of benzene rings is 2. The van der Waals surface area contributed by atoms with Crippen molar-refractivity contribution in [2.75, 3.05) is 21.6 Å². The van der Waals surface area contributed by atoms with E-state index in [1.54, 1.807) is 13.8 Å². The second kappa shape index (κ2) is 8.79. The molecule has 0 bridgehead atoms. The third kappa shape index (κ3) is 5.49. The topological polar surface area (TPSA) is 122 Å². The Balaban J connectivity index is 1.92. The number of nitrogens with zero attached hydrogens (tertiary/aromatic N) is 2. The summed E-state index contributed by atoms with van der Waals surface area (Å²) in [7, 11) is -3.67. The van der Waals surface area contributed by atoms with Crippen LogP contribution in [0.25, 0.3) is 5.69 Å². The molecule has 1 heterocycles. The monoisotopic (exact) mass is 459 g/mol. The molecule has 0 fully saturated rings. The normalized spacial score (nSPS) is 11.2. The third-order valence-electron chi connectivity index (χ3n) is 4.32. The van der Waals surface area contributed by atoms with Gasteiger partial charge in [0.2, 0.25) is 15.9 Å². The lowest BCUT2D eigenvalue weighted by molar-refractivity contribution is -0.114. The predicted molar refractivity (Wildman–Crippen MR) is 120 cm³/mol. The summed E-state index contributed by atoms with van der Waals surface area (Å²) in [6.45, 7) is 4.90. The molecule has 0 saturated carbocycles. The van der Waals surface area contributed by atoms with Gasteiger partial charge in [-0.25, -0.2) is 17.5 Å². The standard InChI is InChI=1S/C21H22FN5O4S/c1-12-9-13(2)27(25-12)20-8-6-16(11-18(20)22)24-21(29)17-10-15(23-14(3)28)5-7-19(17)26-32(4,30)31/h5-11,26H,1-4H3,(H,23,28)(H,24,29). The molecule has 0 spiro atoms. The maximum absolute atomic E-state index is 14.7. The van der Waals surface area contributed by atoms with Crippen LogP contribution in [-0.2, 0) is 14.8 Å². The van der Waals surface area contributed by atoms with E-state index in [0.29, 0.717) is 5.69 Å². The molecule has 3 rings (SSSR count). The van der Waals surface area contributed by atoms with Crippen LogP contribution in [0.1, 0.15) is 28.7 Å². The maximum atomic E-state index is 14.7. The van der Waals surface area contributed by atoms with E-state index in [2.05, 4.69) is 20.5 Å². The number of rotatable bonds is 6. The van der Waals surface area contributed by atoms with E-state index in [1.165, 1.54) is 41.9 Å². The highest BCUT2D eigenvalue weighted by atomic mass is 32.2. The van der Waals surface area contributed by atoms with Crippen molar-refractivity contribution >= 4 is 38.9 Å². The van der Waals surface area contributed by atoms with E-state index in [9.17, 15) is 22.4 Å². The fourth-order valence-electron chi connectivity index (χ4n) is 3.13. The van der Waals surface area contributed by atoms with Gasteiger partial charge in [0.25, 0.3) is 5.91 Å². The Morgan fingerprint density at radius 3 is 2.22 bits per heavy atom. The Morgan fingerprint density at radius 2 is 1.66 bits per heavy atom. The van der Waals surface area contributed by atoms with Gasteiger partial charge >= 0.3 is 0 Å². The number of halogens is 1. The lowest BCUT2D eigenvalue weighted by Gasteiger charge is -2.14. The summed E-state index contributed by atoms with van der Waals surface area (Å²) in [6, 6.07) is 10.1. The summed E-state index contributed by atoms with van der Waals surface area (Å²) in [5.41, 5.74) is 2.14. The van der Waals surface area contributed by atoms with E-state index in [4.69, 9.17) is 0 Å². The molecule has 0 unspecified atom stereocenters. The molecule has 3 N–H and O–H groups in total. The lowest BCUT2D eigenvalue weighted by Crippen LogP contribution is -2.18. The fraction of sp³-hybridized carbons (Fsp3) is 0.190. The Kier molecular flexibility index (Phi) is 6.30. The van der Waals surface area contributed by atoms with Gasteiger partial charge < -0.3 is 10.6 Å². The van der Waals surface area contributed by atoms with Gasteiger partial charge in [0, 0.05) is 24.0 Å². The van der Waals surface area contributed by atoms with Gasteiger partial charge in [0.05, 0.1) is 23.2 Å². The van der Waals surface area contributed by atoms with Crippen LogP contribution in [0.2, 0.25) is 0 Å². The number of carbonyl (C=O) groups excluding carboxylic acids is 2. The zero-order chi connectivity index (χ0) is 23.6. The van der Waals surface area contributed by atoms with Crippen LogP contribution in [-0.4, -0.2) is 36.3 Å². The van der Waals surface area contributed by atoms with E-state index in [0.717, 1.165) is 23.7 Å². The smallest absolute Gasteiger partial charge is 0.257 e. The molecule has 32 heavy (non-hydrogen) atoms. The highest BCUT2D eigenvalue weighted by molar-refractivity contribution is 7.92. The van der Waals surface area contributed by atoms with Crippen molar-refractivity contribution in [3.8, 4) is 5.69 Å². The van der Waals surface area contributed by atoms with Crippen LogP contribution in [0.4, 0.5) is 21.5 Å². The summed E-state index contributed by atoms with van der Waals surface area (Å²) >= 11 is 0. The number of anilines is 3. The van der Waals surface area contributed by atoms with Gasteiger partial charge in [-0.3, -0.25) is 14.3 Å². The second-order valence-electron chi connectivity index (χ2n) is 7.27. The summed E-state index contributed by atoms with van der Waals surface area (Å²) in [5.74, 6) is -1.65. The minimum Gasteiger partial charge on any atom is -0.326 e. The first-order valence-corrected chi connectivity index (χ1v) is 11.4. The number of aryl methyl sites for hydroxylation is 2. The molecule has 11 heteroatoms. The first-order valence-electron chi connectivity index (χ1n) is 9.47. The van der Waals surface area contributed by atoms with Crippen molar-refractivity contribution in [1.29, 1.82) is 0 Å². The Labute approximate surface area is 184 Å². The van der Waals surface area contributed by atoms with Crippen molar-refractivity contribution in [2.45, 2.75) is 20.8 Å². The minimum atomic E-state index is -3.67. The number of amides is 2. The zero-order valence-electron chi connectivity index (χ0n) is 17.9. The first-order chi connectivity index (χ1) is 14.9. The van der Waals surface area contributed by atoms with Gasteiger partial charge in [-0.15, -0.1) is 0 Å². The number of sulfonamides is 1. The molecule has 0 aliphatic carbocycles. The summed E-state index contributed by atoms with van der Waals surface area (Å²) in [4.78, 5) is 24.2. The van der Waals surface area contributed by atoms with Gasteiger partial charge in [-0.05, 0) is 56.3 Å². The Hall–Kier alpha value is -3.73. The highest BCUT2D eigenvalue weighted by Gasteiger charge is 2.17. The van der Waals surface area contributed by atoms with Crippen LogP contribution in [0.5, 0.6) is 0 Å². The summed E-state index contributed by atoms with van der Waals surface area (Å²) < 4.78 is 41.8. The number of hydrogen-bond acceptors (Lipinski definition) is 5. The zero-order valence-corrected chi connectivity index (χ0v) is 18.7. The molecule has 168 valence electrons. The lowest BCUT2D eigenvalue weighted by atomic mass is 10.1. The van der Waals surface area contributed by atoms with E-state index in [1.807, 2.05) is 6.07 Å². The predicted octanol–water partition coefficient (Wildman–Crippen LogP) is 3.21. The molecule has 9 nitrogen and oxygen atoms in total. The molecule has 0 aliphatic heterocycles. The number of nitrogens with one attached hydrogen (secondary N) is 3. The molecule has 2 amide bonds. The van der Waals surface area contributed by atoms with Crippen molar-refractivity contribution in [1.82, 2.24) is 9.78 Å². The molecular formula is C21H22FN5O4S. The van der Waals surface area contributed by atoms with Crippen molar-refractivity contribution in [3.63, 3.8) is 0 Å². The van der Waals surface area contributed by atoms with Crippen LogP contribution < -0.4 is 15.4 Å². The van der Waals surface area contributed by atoms with E-state index < -0.39 is 21.7 Å². The Morgan fingerprint density at radius 1 is 1.00 bits per heavy atom. The highest BCUT2D eigenvalue weighted by Crippen LogP contribution is 2.25. The minimum absolute atomic E-state index is 0.0128. The SMILES string of the molecule is CC(=O)Nc1ccc(NS(C)(=O)=O)c(C(=O)Nc2ccc(-n3nc(C)cc3C)c(F)c2)c1. The quantitative estimate of drug-likeness (QED) is 0.523. The number of hydrogen-bond donors (Lipinski definition) is 3. The third-order valence-corrected chi connectivity index (χ3v) is 4.91. The van der Waals surface area contributed by atoms with Crippen molar-refractivity contribution in [3.05, 3.63) is 65.2 Å². The molecule has 3 aromatic rings. The molecule has 0 saturated heterocycles. The second-order valence-corrected chi connectivity index (χ2v) is 9.02. The average molecular weight is 460 g/mol. The molecular weight excluding hydrogens is 437 g/mol. The van der Waals surface area contributed by atoms with Crippen LogP contribution in [0, 0.1) is 19.7 Å². The molecule has 0 radical (unpaired) electrons. The maximum Gasteiger partial charge on any atom is 0.257 e. The van der Waals surface area contributed by atoms with Crippen LogP contribution in [0.3, 0.4) is 0 Å². The van der Waals surface area contributed by atoms with E-state index >= 15 is 0 Å². The van der Waals surface area contributed by atoms with Gasteiger partial charge in [-0.1, -0.05) is 0 Å². The first kappa shape index (κ1) is 22.9. The van der Waals surface area contributed by atoms with Crippen LogP contribution in [0.15, 0.2) is 42.5 Å². The molecule has 0 atom stereocenters.